The van der Waals surface area contributed by atoms with Gasteiger partial charge in [-0.1, -0.05) is 0 Å². The molecule has 0 aromatic carbocycles. The highest BCUT2D eigenvalue weighted by Crippen LogP contribution is 2.32. The molecule has 0 bridgehead atoms. The maximum absolute atomic E-state index is 9.97. The first-order chi connectivity index (χ1) is 9.65. The number of nitrogens with zero attached hydrogens (tertiary/aromatic N) is 3. The molecule has 0 aliphatic carbocycles. The monoisotopic (exact) mass is 281 g/mol. The van der Waals surface area contributed by atoms with Gasteiger partial charge in [-0.3, -0.25) is 0 Å². The highest BCUT2D eigenvalue weighted by atomic mass is 16.6. The Morgan fingerprint density at radius 2 is 2.10 bits per heavy atom. The Hall–Kier alpha value is -1.65. The lowest BCUT2D eigenvalue weighted by molar-refractivity contribution is -0.0252. The Morgan fingerprint density at radius 3 is 2.75 bits per heavy atom. The van der Waals surface area contributed by atoms with E-state index in [1.165, 1.54) is 6.33 Å². The number of imidazole rings is 1. The third-order valence-corrected chi connectivity index (χ3v) is 3.37. The molecular formula is C11H15N5O4. The summed E-state index contributed by atoms with van der Waals surface area (Å²) in [7, 11) is 0. The molecule has 1 fully saturated rings. The summed E-state index contributed by atoms with van der Waals surface area (Å²) in [4.78, 5) is 15.4. The molecule has 1 aliphatic rings. The molecule has 9 heteroatoms. The summed E-state index contributed by atoms with van der Waals surface area (Å²) in [6.45, 7) is -0.230. The molecule has 3 heterocycles. The summed E-state index contributed by atoms with van der Waals surface area (Å²) in [5, 5.41) is 28.8. The number of hydrogen-bond acceptors (Lipinski definition) is 8. The molecule has 9 nitrogen and oxygen atoms in total. The highest BCUT2D eigenvalue weighted by molar-refractivity contribution is 5.72. The molecule has 1 unspecified atom stereocenters. The van der Waals surface area contributed by atoms with Crippen LogP contribution in [0.15, 0.2) is 6.33 Å². The zero-order valence-electron chi connectivity index (χ0n) is 10.5. The first-order valence-corrected chi connectivity index (χ1v) is 6.18. The van der Waals surface area contributed by atoms with Crippen molar-refractivity contribution < 1.29 is 20.1 Å². The van der Waals surface area contributed by atoms with Crippen LogP contribution in [0, 0.1) is 0 Å². The summed E-state index contributed by atoms with van der Waals surface area (Å²) in [5.74, 6) is 0.188. The zero-order valence-corrected chi connectivity index (χ0v) is 10.5. The second kappa shape index (κ2) is 5.04. The second-order valence-electron chi connectivity index (χ2n) is 4.59. The summed E-state index contributed by atoms with van der Waals surface area (Å²) >= 11 is 0. The predicted molar refractivity (Wildman–Crippen MR) is 66.3 cm³/mol. The fourth-order valence-electron chi connectivity index (χ4n) is 2.30. The van der Waals surface area contributed by atoms with Crippen molar-refractivity contribution in [3.05, 3.63) is 17.8 Å². The lowest BCUT2D eigenvalue weighted by Gasteiger charge is -2.13. The molecule has 3 rings (SSSR count). The number of nitrogens with one attached hydrogen (secondary N) is 1. The van der Waals surface area contributed by atoms with Gasteiger partial charge >= 0.3 is 0 Å². The number of aliphatic hydroxyl groups excluding tert-OH is 3. The summed E-state index contributed by atoms with van der Waals surface area (Å²) < 4.78 is 5.39. The first-order valence-electron chi connectivity index (χ1n) is 6.18. The number of aliphatic hydroxyl groups is 3. The smallest absolute Gasteiger partial charge is 0.181 e. The van der Waals surface area contributed by atoms with E-state index in [-0.39, 0.29) is 12.4 Å². The number of H-pyrrole nitrogens is 1. The fraction of sp³-hybridized carbons (Fsp3) is 0.545. The van der Waals surface area contributed by atoms with Crippen molar-refractivity contribution >= 4 is 11.2 Å². The van der Waals surface area contributed by atoms with Crippen LogP contribution in [0.2, 0.25) is 0 Å². The molecule has 6 N–H and O–H groups in total. The van der Waals surface area contributed by atoms with Crippen molar-refractivity contribution in [3.8, 4) is 0 Å². The zero-order chi connectivity index (χ0) is 14.3. The molecule has 20 heavy (non-hydrogen) atoms. The van der Waals surface area contributed by atoms with Gasteiger partial charge in [-0.15, -0.1) is 0 Å². The lowest BCUT2D eigenvalue weighted by atomic mass is 10.1. The van der Waals surface area contributed by atoms with Crippen LogP contribution in [-0.4, -0.2) is 60.2 Å². The predicted octanol–water partition coefficient (Wildman–Crippen LogP) is -2.03. The van der Waals surface area contributed by atoms with Crippen LogP contribution in [-0.2, 0) is 11.3 Å². The third kappa shape index (κ3) is 1.96. The van der Waals surface area contributed by atoms with Crippen LogP contribution >= 0.6 is 0 Å². The molecule has 0 radical (unpaired) electrons. The number of aromatic amines is 1. The van der Waals surface area contributed by atoms with Crippen molar-refractivity contribution in [1.29, 1.82) is 0 Å². The van der Waals surface area contributed by atoms with E-state index >= 15 is 0 Å². The first kappa shape index (κ1) is 13.3. The molecule has 2 aromatic rings. The van der Waals surface area contributed by atoms with Crippen LogP contribution < -0.4 is 5.73 Å². The Bertz CT molecular complexity index is 618. The summed E-state index contributed by atoms with van der Waals surface area (Å²) in [6.07, 6.45) is -2.72. The van der Waals surface area contributed by atoms with Crippen molar-refractivity contribution in [2.45, 2.75) is 31.0 Å². The number of hydrogen-bond donors (Lipinski definition) is 5. The average molecular weight is 281 g/mol. The second-order valence-corrected chi connectivity index (χ2v) is 4.59. The maximum atomic E-state index is 9.97. The van der Waals surface area contributed by atoms with E-state index in [4.69, 9.17) is 15.6 Å². The molecule has 2 aromatic heterocycles. The van der Waals surface area contributed by atoms with Gasteiger partial charge < -0.3 is 30.8 Å². The number of nitrogens with two attached hydrogens (primary N) is 1. The standard InChI is InChI=1S/C11H15N5O4/c12-1-4-6-10(14-3-13-6)16-11(15-4)9-8(19)7(18)5(2-17)20-9/h3,5,7-9,17-19H,1-2,12H2,(H,13,14,15,16)/t5-,7-,8+,9?/m1/s1. The van der Waals surface area contributed by atoms with Gasteiger partial charge in [-0.05, 0) is 0 Å². The van der Waals surface area contributed by atoms with E-state index < -0.39 is 31.0 Å². The highest BCUT2D eigenvalue weighted by Gasteiger charge is 2.44. The maximum Gasteiger partial charge on any atom is 0.181 e. The van der Waals surface area contributed by atoms with Gasteiger partial charge in [0.15, 0.2) is 11.5 Å². The molecule has 4 atom stereocenters. The van der Waals surface area contributed by atoms with Crippen molar-refractivity contribution in [2.24, 2.45) is 5.73 Å². The molecule has 1 saturated heterocycles. The normalized spacial score (nSPS) is 30.2. The number of fused-ring (bicyclic) bond motifs is 1. The minimum atomic E-state index is -1.21. The van der Waals surface area contributed by atoms with Gasteiger partial charge in [0.05, 0.1) is 18.6 Å². The lowest BCUT2D eigenvalue weighted by Crippen LogP contribution is -2.32. The number of rotatable bonds is 3. The van der Waals surface area contributed by atoms with Crippen molar-refractivity contribution in [1.82, 2.24) is 19.9 Å². The summed E-state index contributed by atoms with van der Waals surface area (Å²) in [5.41, 5.74) is 7.21. The van der Waals surface area contributed by atoms with Gasteiger partial charge in [-0.25, -0.2) is 15.0 Å². The van der Waals surface area contributed by atoms with Gasteiger partial charge in [0.2, 0.25) is 0 Å². The molecule has 0 amide bonds. The van der Waals surface area contributed by atoms with Gasteiger partial charge in [0.1, 0.15) is 29.9 Å². The van der Waals surface area contributed by atoms with E-state index in [0.717, 1.165) is 0 Å². The van der Waals surface area contributed by atoms with Crippen molar-refractivity contribution in [3.63, 3.8) is 0 Å². The minimum Gasteiger partial charge on any atom is -0.394 e. The van der Waals surface area contributed by atoms with E-state index in [1.807, 2.05) is 0 Å². The molecule has 0 spiro atoms. The SMILES string of the molecule is NCc1nc(C2O[C@H](CO)[C@@H](O)[C@@H]2O)nc2nc[nH]c12. The van der Waals surface area contributed by atoms with E-state index in [9.17, 15) is 10.2 Å². The largest absolute Gasteiger partial charge is 0.394 e. The van der Waals surface area contributed by atoms with Crippen LogP contribution in [0.25, 0.3) is 11.2 Å². The quantitative estimate of drug-likeness (QED) is 0.432. The molecule has 108 valence electrons. The van der Waals surface area contributed by atoms with Crippen LogP contribution in [0.1, 0.15) is 17.6 Å². The Kier molecular flexibility index (Phi) is 3.36. The number of ether oxygens (including phenoxy) is 1. The van der Waals surface area contributed by atoms with Gasteiger partial charge in [-0.2, -0.15) is 0 Å². The van der Waals surface area contributed by atoms with Gasteiger partial charge in [0, 0.05) is 6.54 Å². The number of aromatic nitrogens is 4. The van der Waals surface area contributed by atoms with E-state index in [2.05, 4.69) is 19.9 Å². The van der Waals surface area contributed by atoms with E-state index in [0.29, 0.717) is 16.9 Å². The topological polar surface area (TPSA) is 150 Å². The Labute approximate surface area is 113 Å². The minimum absolute atomic E-state index is 0.170. The molecule has 0 saturated carbocycles. The fourth-order valence-corrected chi connectivity index (χ4v) is 2.30. The van der Waals surface area contributed by atoms with Crippen LogP contribution in [0.4, 0.5) is 0 Å². The van der Waals surface area contributed by atoms with Gasteiger partial charge in [0.25, 0.3) is 0 Å². The van der Waals surface area contributed by atoms with Crippen LogP contribution in [0.3, 0.4) is 0 Å². The molecule has 1 aliphatic heterocycles. The third-order valence-electron chi connectivity index (χ3n) is 3.37. The van der Waals surface area contributed by atoms with Crippen molar-refractivity contribution in [2.75, 3.05) is 6.61 Å². The Balaban J connectivity index is 2.02. The average Bonchev–Trinajstić information content (AvgIpc) is 3.04. The summed E-state index contributed by atoms with van der Waals surface area (Å²) in [6, 6.07) is 0. The van der Waals surface area contributed by atoms with Crippen LogP contribution in [0.5, 0.6) is 0 Å². The van der Waals surface area contributed by atoms with E-state index in [1.54, 1.807) is 0 Å². The molecular weight excluding hydrogens is 266 g/mol. The Morgan fingerprint density at radius 1 is 1.30 bits per heavy atom.